The van der Waals surface area contributed by atoms with Gasteiger partial charge in [-0.15, -0.1) is 5.10 Å². The van der Waals surface area contributed by atoms with E-state index in [9.17, 15) is 0 Å². The molecule has 2 heterocycles. The highest BCUT2D eigenvalue weighted by molar-refractivity contribution is 5.57. The molecule has 20 heavy (non-hydrogen) atoms. The number of nitrogens with one attached hydrogen (secondary N) is 1. The minimum atomic E-state index is 0.0436. The lowest BCUT2D eigenvalue weighted by Gasteiger charge is -2.08. The molecule has 1 aliphatic heterocycles. The summed E-state index contributed by atoms with van der Waals surface area (Å²) in [6.45, 7) is 1.46. The van der Waals surface area contributed by atoms with Gasteiger partial charge in [0, 0.05) is 23.1 Å². The summed E-state index contributed by atoms with van der Waals surface area (Å²) in [5, 5.41) is 15.4. The molecule has 7 heteroatoms. The van der Waals surface area contributed by atoms with Crippen molar-refractivity contribution in [3.8, 4) is 11.3 Å². The first-order valence-electron chi connectivity index (χ1n) is 6.58. The Bertz CT molecular complexity index is 615. The van der Waals surface area contributed by atoms with E-state index in [1.54, 1.807) is 0 Å². The number of aromatic nitrogens is 3. The minimum Gasteiger partial charge on any atom is -0.312 e. The minimum absolute atomic E-state index is 0.0436. The molecule has 0 spiro atoms. The summed E-state index contributed by atoms with van der Waals surface area (Å²) >= 11 is 0. The van der Waals surface area contributed by atoms with E-state index in [0.29, 0.717) is 0 Å². The van der Waals surface area contributed by atoms with Crippen LogP contribution >= 0.6 is 0 Å². The van der Waals surface area contributed by atoms with Crippen molar-refractivity contribution in [3.05, 3.63) is 47.0 Å². The number of rotatable bonds is 4. The predicted octanol–water partition coefficient (Wildman–Crippen LogP) is 1.99. The van der Waals surface area contributed by atoms with E-state index in [-0.39, 0.29) is 12.1 Å². The first kappa shape index (κ1) is 12.7. The van der Waals surface area contributed by atoms with Gasteiger partial charge in [0.1, 0.15) is 5.69 Å². The highest BCUT2D eigenvalue weighted by atomic mass is 15.4. The third-order valence-electron chi connectivity index (χ3n) is 3.43. The summed E-state index contributed by atoms with van der Waals surface area (Å²) in [6, 6.07) is 10.3. The van der Waals surface area contributed by atoms with Crippen LogP contribution in [0.25, 0.3) is 21.7 Å². The van der Waals surface area contributed by atoms with Gasteiger partial charge in [-0.1, -0.05) is 40.7 Å². The Balaban J connectivity index is 1.65. The van der Waals surface area contributed by atoms with Crippen LogP contribution in [0.3, 0.4) is 0 Å². The van der Waals surface area contributed by atoms with E-state index in [0.717, 1.165) is 30.8 Å². The molecule has 7 nitrogen and oxygen atoms in total. The van der Waals surface area contributed by atoms with E-state index < -0.39 is 0 Å². The maximum Gasteiger partial charge on any atom is 0.113 e. The summed E-state index contributed by atoms with van der Waals surface area (Å²) < 4.78 is 1.83. The normalized spacial score (nSPS) is 21.6. The topological polar surface area (TPSA) is 91.5 Å². The van der Waals surface area contributed by atoms with Crippen LogP contribution in [0.5, 0.6) is 0 Å². The fourth-order valence-electron chi connectivity index (χ4n) is 2.45. The molecular weight excluding hydrogens is 254 g/mol. The van der Waals surface area contributed by atoms with Crippen LogP contribution in [-0.2, 0) is 6.54 Å². The highest BCUT2D eigenvalue weighted by Gasteiger charge is 2.23. The quantitative estimate of drug-likeness (QED) is 0.522. The summed E-state index contributed by atoms with van der Waals surface area (Å²) in [5.74, 6) is 0. The monoisotopic (exact) mass is 269 g/mol. The van der Waals surface area contributed by atoms with Crippen molar-refractivity contribution in [2.24, 2.45) is 5.11 Å². The molecule has 0 unspecified atom stereocenters. The van der Waals surface area contributed by atoms with Gasteiger partial charge >= 0.3 is 0 Å². The van der Waals surface area contributed by atoms with Gasteiger partial charge in [-0.3, -0.25) is 4.68 Å². The molecule has 1 aromatic heterocycles. The first-order valence-corrected chi connectivity index (χ1v) is 6.58. The van der Waals surface area contributed by atoms with Crippen molar-refractivity contribution < 1.29 is 0 Å². The fourth-order valence-corrected chi connectivity index (χ4v) is 2.45. The van der Waals surface area contributed by atoms with E-state index in [1.165, 1.54) is 0 Å². The number of nitrogens with zero attached hydrogens (tertiary/aromatic N) is 6. The van der Waals surface area contributed by atoms with Crippen LogP contribution < -0.4 is 5.32 Å². The lowest BCUT2D eigenvalue weighted by molar-refractivity contribution is 0.464. The van der Waals surface area contributed by atoms with Crippen molar-refractivity contribution in [2.75, 3.05) is 6.54 Å². The summed E-state index contributed by atoms with van der Waals surface area (Å²) in [4.78, 5) is 2.85. The van der Waals surface area contributed by atoms with Gasteiger partial charge in [0.15, 0.2) is 0 Å². The van der Waals surface area contributed by atoms with Crippen molar-refractivity contribution in [1.82, 2.24) is 20.3 Å². The third kappa shape index (κ3) is 2.79. The molecule has 0 aliphatic carbocycles. The van der Waals surface area contributed by atoms with Crippen LogP contribution in [0, 0.1) is 0 Å². The van der Waals surface area contributed by atoms with Crippen LogP contribution in [0.15, 0.2) is 41.6 Å². The van der Waals surface area contributed by atoms with Gasteiger partial charge in [-0.05, 0) is 12.0 Å². The smallest absolute Gasteiger partial charge is 0.113 e. The lowest BCUT2D eigenvalue weighted by atomic mass is 10.2. The summed E-state index contributed by atoms with van der Waals surface area (Å²) in [7, 11) is 0. The zero-order valence-electron chi connectivity index (χ0n) is 10.9. The number of hydrogen-bond acceptors (Lipinski definition) is 4. The Morgan fingerprint density at radius 3 is 3.05 bits per heavy atom. The number of hydrogen-bond donors (Lipinski definition) is 1. The fraction of sp³-hybridized carbons (Fsp3) is 0.385. The molecule has 0 amide bonds. The first-order chi connectivity index (χ1) is 9.85. The second-order valence-electron chi connectivity index (χ2n) is 4.89. The third-order valence-corrected chi connectivity index (χ3v) is 3.43. The van der Waals surface area contributed by atoms with Gasteiger partial charge in [0.25, 0.3) is 0 Å². The maximum absolute atomic E-state index is 8.44. The average molecular weight is 269 g/mol. The van der Waals surface area contributed by atoms with Gasteiger partial charge in [-0.25, -0.2) is 0 Å². The van der Waals surface area contributed by atoms with Crippen molar-refractivity contribution in [1.29, 1.82) is 0 Å². The zero-order valence-corrected chi connectivity index (χ0v) is 10.9. The second-order valence-corrected chi connectivity index (χ2v) is 4.89. The molecule has 3 rings (SSSR count). The van der Waals surface area contributed by atoms with Gasteiger partial charge in [-0.2, -0.15) is 0 Å². The Morgan fingerprint density at radius 1 is 1.40 bits per heavy atom. The molecule has 1 N–H and O–H groups in total. The maximum atomic E-state index is 8.44. The Morgan fingerprint density at radius 2 is 2.25 bits per heavy atom. The molecule has 102 valence electrons. The number of benzene rings is 1. The molecule has 1 aliphatic rings. The Labute approximate surface area is 116 Å². The molecule has 1 fully saturated rings. The second kappa shape index (κ2) is 5.73. The Hall–Kier alpha value is -2.37. The van der Waals surface area contributed by atoms with Crippen LogP contribution in [-0.4, -0.2) is 33.6 Å². The van der Waals surface area contributed by atoms with Crippen LogP contribution in [0.2, 0.25) is 0 Å². The van der Waals surface area contributed by atoms with E-state index in [1.807, 2.05) is 41.2 Å². The van der Waals surface area contributed by atoms with Crippen molar-refractivity contribution >= 4 is 0 Å². The van der Waals surface area contributed by atoms with Crippen molar-refractivity contribution in [2.45, 2.75) is 25.0 Å². The zero-order chi connectivity index (χ0) is 13.8. The van der Waals surface area contributed by atoms with Crippen molar-refractivity contribution in [3.63, 3.8) is 0 Å². The molecular formula is C13H15N7. The highest BCUT2D eigenvalue weighted by Crippen LogP contribution is 2.16. The average Bonchev–Trinajstić information content (AvgIpc) is 3.11. The van der Waals surface area contributed by atoms with E-state index >= 15 is 0 Å². The molecule has 2 atom stereocenters. The SMILES string of the molecule is [N-]=[N+]=N[C@@H]1CN[C@H](Cn2cc(-c3ccccc3)nn2)C1. The van der Waals surface area contributed by atoms with E-state index in [4.69, 9.17) is 5.53 Å². The van der Waals surface area contributed by atoms with Gasteiger partial charge in [0.05, 0.1) is 18.8 Å². The molecule has 0 bridgehead atoms. The predicted molar refractivity (Wildman–Crippen MR) is 74.8 cm³/mol. The largest absolute Gasteiger partial charge is 0.312 e. The van der Waals surface area contributed by atoms with Gasteiger partial charge < -0.3 is 5.32 Å². The molecule has 0 saturated carbocycles. The van der Waals surface area contributed by atoms with E-state index in [2.05, 4.69) is 25.7 Å². The van der Waals surface area contributed by atoms with Crippen LogP contribution in [0.1, 0.15) is 6.42 Å². The van der Waals surface area contributed by atoms with Gasteiger partial charge in [0.2, 0.25) is 0 Å². The van der Waals surface area contributed by atoms with Crippen LogP contribution in [0.4, 0.5) is 0 Å². The summed E-state index contributed by atoms with van der Waals surface area (Å²) in [6.07, 6.45) is 2.78. The molecule has 2 aromatic rings. The molecule has 1 saturated heterocycles. The standard InChI is InChI=1S/C13H15N7/c14-18-16-11-6-12(15-7-11)8-20-9-13(17-19-20)10-4-2-1-3-5-10/h1-5,9,11-12,15H,6-8H2/t11-,12-/m0/s1. The molecule has 0 radical (unpaired) electrons. The molecule has 1 aromatic carbocycles. The summed E-state index contributed by atoms with van der Waals surface area (Å²) in [5.41, 5.74) is 10.4. The number of azide groups is 1. The Kier molecular flexibility index (Phi) is 3.62. The lowest BCUT2D eigenvalue weighted by Crippen LogP contribution is -2.26.